The minimum Gasteiger partial charge on any atom is -0.492 e. The molecular formula is C25H27N3O4S. The van der Waals surface area contributed by atoms with E-state index in [2.05, 4.69) is 9.97 Å². The van der Waals surface area contributed by atoms with Gasteiger partial charge >= 0.3 is 0 Å². The molecule has 1 fully saturated rings. The van der Waals surface area contributed by atoms with Crippen LogP contribution < -0.4 is 10.5 Å². The molecule has 3 N–H and O–H groups in total. The summed E-state index contributed by atoms with van der Waals surface area (Å²) in [4.78, 5) is 17.6. The van der Waals surface area contributed by atoms with Crippen LogP contribution in [0.1, 0.15) is 25.3 Å². The van der Waals surface area contributed by atoms with Crippen molar-refractivity contribution in [3.05, 3.63) is 48.2 Å². The standard InChI is InChI=1S/C21H21N3O3S.C4H6O/c1-4-28(25,26)14-7-5-6-13(9-14)15-10-17(22)20(27-3)19-18(15)16-8-12(2)11-23-21(16)24-19;5-3-4-1-2-4/h5-11H,4,22H2,1-3H3,(H,23,24);3-4H,1-2H2. The smallest absolute Gasteiger partial charge is 0.178 e. The zero-order valence-corrected chi connectivity index (χ0v) is 19.7. The van der Waals surface area contributed by atoms with Gasteiger partial charge in [-0.1, -0.05) is 19.1 Å². The van der Waals surface area contributed by atoms with Gasteiger partial charge in [0.15, 0.2) is 15.6 Å². The molecule has 0 unspecified atom stereocenters. The number of nitrogens with one attached hydrogen (secondary N) is 1. The normalized spacial score (nSPS) is 13.5. The van der Waals surface area contributed by atoms with Crippen molar-refractivity contribution >= 4 is 43.7 Å². The summed E-state index contributed by atoms with van der Waals surface area (Å²) in [7, 11) is -1.74. The molecule has 33 heavy (non-hydrogen) atoms. The first-order chi connectivity index (χ1) is 15.8. The highest BCUT2D eigenvalue weighted by Gasteiger charge is 2.20. The molecule has 4 aromatic rings. The zero-order chi connectivity index (χ0) is 23.8. The van der Waals surface area contributed by atoms with Gasteiger partial charge < -0.3 is 20.2 Å². The molecule has 2 aromatic carbocycles. The predicted octanol–water partition coefficient (Wildman–Crippen LogP) is 4.67. The van der Waals surface area contributed by atoms with E-state index >= 15 is 0 Å². The summed E-state index contributed by atoms with van der Waals surface area (Å²) in [6.07, 6.45) is 5.11. The number of aromatic amines is 1. The SMILES string of the molecule is CCS(=O)(=O)c1cccc(-c2cc(N)c(OC)c3[nH]c4ncc(C)cc4c23)c1.O=CC1CC1. The zero-order valence-electron chi connectivity index (χ0n) is 18.9. The molecule has 2 aromatic heterocycles. The van der Waals surface area contributed by atoms with Gasteiger partial charge in [0, 0.05) is 22.9 Å². The Labute approximate surface area is 192 Å². The Morgan fingerprint density at radius 3 is 2.61 bits per heavy atom. The topological polar surface area (TPSA) is 115 Å². The number of aromatic nitrogens is 2. The maximum absolute atomic E-state index is 12.4. The highest BCUT2D eigenvalue weighted by atomic mass is 32.2. The van der Waals surface area contributed by atoms with Crippen molar-refractivity contribution in [2.75, 3.05) is 18.6 Å². The molecule has 1 aliphatic rings. The van der Waals surface area contributed by atoms with E-state index in [4.69, 9.17) is 10.5 Å². The van der Waals surface area contributed by atoms with Crippen LogP contribution in [-0.2, 0) is 14.6 Å². The number of hydrogen-bond acceptors (Lipinski definition) is 6. The van der Waals surface area contributed by atoms with Crippen LogP contribution in [-0.4, -0.2) is 37.5 Å². The fourth-order valence-electron chi connectivity index (χ4n) is 3.77. The first-order valence-corrected chi connectivity index (χ1v) is 12.5. The fraction of sp³-hybridized carbons (Fsp3) is 0.280. The van der Waals surface area contributed by atoms with Gasteiger partial charge in [-0.3, -0.25) is 0 Å². The maximum atomic E-state index is 12.4. The number of benzene rings is 2. The van der Waals surface area contributed by atoms with Crippen molar-refractivity contribution < 1.29 is 17.9 Å². The second-order valence-electron chi connectivity index (χ2n) is 8.24. The number of sulfone groups is 1. The molecule has 5 rings (SSSR count). The molecule has 0 saturated heterocycles. The van der Waals surface area contributed by atoms with Gasteiger partial charge in [-0.15, -0.1) is 0 Å². The van der Waals surface area contributed by atoms with Crippen molar-refractivity contribution in [2.24, 2.45) is 5.92 Å². The minimum atomic E-state index is -3.32. The van der Waals surface area contributed by atoms with E-state index < -0.39 is 9.84 Å². The number of carbonyl (C=O) groups is 1. The summed E-state index contributed by atoms with van der Waals surface area (Å²) in [6.45, 7) is 3.62. The van der Waals surface area contributed by atoms with E-state index in [1.165, 1.54) is 0 Å². The number of methoxy groups -OCH3 is 1. The molecule has 0 spiro atoms. The number of aryl methyl sites for hydroxylation is 1. The summed E-state index contributed by atoms with van der Waals surface area (Å²) < 4.78 is 30.2. The number of ether oxygens (including phenoxy) is 1. The van der Waals surface area contributed by atoms with Crippen LogP contribution in [0.3, 0.4) is 0 Å². The molecular weight excluding hydrogens is 438 g/mol. The maximum Gasteiger partial charge on any atom is 0.178 e. The average Bonchev–Trinajstić information content (AvgIpc) is 3.59. The van der Waals surface area contributed by atoms with Crippen LogP contribution in [0, 0.1) is 12.8 Å². The Hall–Kier alpha value is -3.39. The van der Waals surface area contributed by atoms with Crippen LogP contribution in [0.5, 0.6) is 5.75 Å². The predicted molar refractivity (Wildman–Crippen MR) is 131 cm³/mol. The van der Waals surface area contributed by atoms with E-state index in [0.717, 1.165) is 57.8 Å². The summed E-state index contributed by atoms with van der Waals surface area (Å²) >= 11 is 0. The second-order valence-corrected chi connectivity index (χ2v) is 10.5. The van der Waals surface area contributed by atoms with Gasteiger partial charge in [0.05, 0.1) is 29.0 Å². The van der Waals surface area contributed by atoms with Gasteiger partial charge in [0.1, 0.15) is 11.9 Å². The van der Waals surface area contributed by atoms with Gasteiger partial charge in [-0.25, -0.2) is 13.4 Å². The third-order valence-electron chi connectivity index (χ3n) is 5.75. The highest BCUT2D eigenvalue weighted by Crippen LogP contribution is 2.42. The van der Waals surface area contributed by atoms with E-state index in [1.54, 1.807) is 38.4 Å². The summed E-state index contributed by atoms with van der Waals surface area (Å²) in [5.74, 6) is 1.05. The van der Waals surface area contributed by atoms with Crippen molar-refractivity contribution in [3.8, 4) is 16.9 Å². The molecule has 0 atom stereocenters. The first kappa shape index (κ1) is 22.8. The molecule has 0 aliphatic heterocycles. The van der Waals surface area contributed by atoms with Crippen LogP contribution in [0.2, 0.25) is 0 Å². The van der Waals surface area contributed by atoms with Crippen molar-refractivity contribution in [3.63, 3.8) is 0 Å². The van der Waals surface area contributed by atoms with Crippen LogP contribution in [0.25, 0.3) is 33.1 Å². The Morgan fingerprint density at radius 2 is 2.00 bits per heavy atom. The summed E-state index contributed by atoms with van der Waals surface area (Å²) in [6, 6.07) is 10.8. The van der Waals surface area contributed by atoms with E-state index in [1.807, 2.05) is 25.1 Å². The van der Waals surface area contributed by atoms with Gasteiger partial charge in [-0.05, 0) is 60.7 Å². The third-order valence-corrected chi connectivity index (χ3v) is 7.48. The van der Waals surface area contributed by atoms with Crippen molar-refractivity contribution in [1.29, 1.82) is 0 Å². The minimum absolute atomic E-state index is 0.0484. The number of nitrogens with two attached hydrogens (primary N) is 1. The van der Waals surface area contributed by atoms with E-state index in [0.29, 0.717) is 22.3 Å². The number of H-pyrrole nitrogens is 1. The van der Waals surface area contributed by atoms with Gasteiger partial charge in [-0.2, -0.15) is 0 Å². The number of pyridine rings is 1. The highest BCUT2D eigenvalue weighted by molar-refractivity contribution is 7.91. The lowest BCUT2D eigenvalue weighted by molar-refractivity contribution is -0.108. The van der Waals surface area contributed by atoms with Crippen molar-refractivity contribution in [1.82, 2.24) is 9.97 Å². The number of hydrogen-bond donors (Lipinski definition) is 2. The molecule has 0 bridgehead atoms. The van der Waals surface area contributed by atoms with E-state index in [-0.39, 0.29) is 5.75 Å². The lowest BCUT2D eigenvalue weighted by Crippen LogP contribution is -2.03. The monoisotopic (exact) mass is 465 g/mol. The summed E-state index contributed by atoms with van der Waals surface area (Å²) in [5, 5.41) is 1.84. The van der Waals surface area contributed by atoms with Crippen molar-refractivity contribution in [2.45, 2.75) is 31.6 Å². The quantitative estimate of drug-likeness (QED) is 0.327. The molecule has 0 radical (unpaired) electrons. The fourth-order valence-corrected chi connectivity index (χ4v) is 4.69. The molecule has 7 nitrogen and oxygen atoms in total. The molecule has 2 heterocycles. The number of aldehydes is 1. The number of nitrogens with zero attached hydrogens (tertiary/aromatic N) is 1. The van der Waals surface area contributed by atoms with E-state index in [9.17, 15) is 13.2 Å². The summed E-state index contributed by atoms with van der Waals surface area (Å²) in [5.41, 5.74) is 10.8. The van der Waals surface area contributed by atoms with Gasteiger partial charge in [0.25, 0.3) is 0 Å². The molecule has 8 heteroatoms. The lowest BCUT2D eigenvalue weighted by Gasteiger charge is -2.12. The molecule has 1 aliphatic carbocycles. The number of rotatable bonds is 5. The molecule has 172 valence electrons. The lowest BCUT2D eigenvalue weighted by atomic mass is 9.98. The first-order valence-electron chi connectivity index (χ1n) is 10.8. The Bertz CT molecular complexity index is 1450. The number of fused-ring (bicyclic) bond motifs is 3. The number of anilines is 1. The average molecular weight is 466 g/mol. The Balaban J connectivity index is 0.000000459. The molecule has 1 saturated carbocycles. The Morgan fingerprint density at radius 1 is 1.24 bits per heavy atom. The van der Waals surface area contributed by atoms with Crippen LogP contribution in [0.4, 0.5) is 5.69 Å². The number of nitrogen functional groups attached to an aromatic ring is 1. The number of carbonyl (C=O) groups excluding carboxylic acids is 1. The molecule has 0 amide bonds. The van der Waals surface area contributed by atoms with Gasteiger partial charge in [0.2, 0.25) is 0 Å². The second kappa shape index (κ2) is 8.86. The van der Waals surface area contributed by atoms with Crippen LogP contribution in [0.15, 0.2) is 47.5 Å². The largest absolute Gasteiger partial charge is 0.492 e. The van der Waals surface area contributed by atoms with Crippen LogP contribution >= 0.6 is 0 Å². The Kier molecular flexibility index (Phi) is 6.12. The third kappa shape index (κ3) is 4.43.